The number of nitrogens with zero attached hydrogens (tertiary/aromatic N) is 2. The van der Waals surface area contributed by atoms with Crippen molar-refractivity contribution in [3.05, 3.63) is 107 Å². The number of aromatic amines is 1. The first-order chi connectivity index (χ1) is 27.7. The van der Waals surface area contributed by atoms with E-state index in [9.17, 15) is 18.9 Å². The summed E-state index contributed by atoms with van der Waals surface area (Å²) in [5, 5.41) is 11.7. The Labute approximate surface area is 346 Å². The van der Waals surface area contributed by atoms with Crippen molar-refractivity contribution in [1.82, 2.24) is 30.8 Å². The zero-order valence-corrected chi connectivity index (χ0v) is 34.2. The van der Waals surface area contributed by atoms with Gasteiger partial charge in [0.1, 0.15) is 17.1 Å². The van der Waals surface area contributed by atoms with Gasteiger partial charge in [-0.15, -0.1) is 0 Å². The number of carbonyl (C=O) groups excluding carboxylic acids is 3. The lowest BCUT2D eigenvalue weighted by molar-refractivity contribution is -0.142. The normalized spacial score (nSPS) is 18.4. The number of amides is 3. The molecular formula is C42H49ClN8O4S2. The number of likely N-dealkylation sites (N-methyl/N-ethyl adjacent to an activating group) is 1. The van der Waals surface area contributed by atoms with E-state index >= 15 is 0 Å². The number of para-hydroxylation sites is 1. The van der Waals surface area contributed by atoms with E-state index in [1.807, 2.05) is 79.0 Å². The summed E-state index contributed by atoms with van der Waals surface area (Å²) in [6.45, 7) is 1.23. The molecule has 300 valence electrons. The van der Waals surface area contributed by atoms with E-state index in [1.165, 1.54) is 16.7 Å². The van der Waals surface area contributed by atoms with Gasteiger partial charge in [0.15, 0.2) is 0 Å². The molecule has 0 radical (unpaired) electrons. The lowest BCUT2D eigenvalue weighted by atomic mass is 9.98. The largest absolute Gasteiger partial charge is 0.361 e. The maximum absolute atomic E-state index is 14.7. The summed E-state index contributed by atoms with van der Waals surface area (Å²) in [6, 6.07) is 20.3. The zero-order chi connectivity index (χ0) is 40.3. The Balaban J connectivity index is 1.47. The number of carbonyl (C=O) groups is 3. The minimum Gasteiger partial charge on any atom is -0.361 e. The summed E-state index contributed by atoms with van der Waals surface area (Å²) in [5.41, 5.74) is 16.8. The van der Waals surface area contributed by atoms with Crippen molar-refractivity contribution in [2.24, 2.45) is 11.5 Å². The van der Waals surface area contributed by atoms with Crippen LogP contribution >= 0.6 is 35.4 Å². The van der Waals surface area contributed by atoms with Gasteiger partial charge in [-0.1, -0.05) is 65.8 Å². The maximum Gasteiger partial charge on any atom is 0.245 e. The van der Waals surface area contributed by atoms with Crippen LogP contribution in [0.4, 0.5) is 0 Å². The number of fused-ring (bicyclic) bond motifs is 3. The average molecular weight is 829 g/mol. The molecule has 0 fully saturated rings. The summed E-state index contributed by atoms with van der Waals surface area (Å²) in [7, 11) is 1.62. The number of nitrogens with two attached hydrogens (primary N) is 2. The third-order valence-corrected chi connectivity index (χ3v) is 12.4. The second-order valence-corrected chi connectivity index (χ2v) is 16.1. The van der Waals surface area contributed by atoms with Crippen LogP contribution in [-0.4, -0.2) is 75.4 Å². The van der Waals surface area contributed by atoms with Crippen molar-refractivity contribution in [3.8, 4) is 11.1 Å². The van der Waals surface area contributed by atoms with Crippen molar-refractivity contribution >= 4 is 64.0 Å². The summed E-state index contributed by atoms with van der Waals surface area (Å²) >= 11 is 9.07. The summed E-state index contributed by atoms with van der Waals surface area (Å²) in [6.07, 6.45) is 6.45. The average Bonchev–Trinajstić information content (AvgIpc) is 3.64. The van der Waals surface area contributed by atoms with Gasteiger partial charge in [-0.05, 0) is 103 Å². The summed E-state index contributed by atoms with van der Waals surface area (Å²) in [4.78, 5) is 54.3. The molecule has 0 spiro atoms. The highest BCUT2D eigenvalue weighted by atomic mass is 35.5. The van der Waals surface area contributed by atoms with Crippen LogP contribution in [0.1, 0.15) is 48.8 Å². The number of H-pyrrole nitrogens is 1. The smallest absolute Gasteiger partial charge is 0.245 e. The number of halogens is 1. The van der Waals surface area contributed by atoms with Crippen LogP contribution in [0, 0.1) is 0 Å². The molecule has 1 aliphatic heterocycles. The van der Waals surface area contributed by atoms with Crippen molar-refractivity contribution in [2.45, 2.75) is 84.6 Å². The highest BCUT2D eigenvalue weighted by Gasteiger charge is 2.34. The number of nitrogens with one attached hydrogen (secondary N) is 4. The van der Waals surface area contributed by atoms with Crippen molar-refractivity contribution in [1.29, 1.82) is 0 Å². The van der Waals surface area contributed by atoms with E-state index in [4.69, 9.17) is 28.1 Å². The summed E-state index contributed by atoms with van der Waals surface area (Å²) in [5.74, 6) is -1.08. The molecule has 3 heterocycles. The van der Waals surface area contributed by atoms with Crippen LogP contribution < -0.4 is 27.4 Å². The fraction of sp³-hybridized carbons (Fsp3) is 0.333. The number of benzene rings is 3. The molecule has 9 N–H and O–H groups in total. The maximum atomic E-state index is 14.7. The highest BCUT2D eigenvalue weighted by Crippen LogP contribution is 2.41. The van der Waals surface area contributed by atoms with Gasteiger partial charge >= 0.3 is 0 Å². The monoisotopic (exact) mass is 828 g/mol. The van der Waals surface area contributed by atoms with Crippen molar-refractivity contribution in [2.75, 3.05) is 20.1 Å². The number of aromatic nitrogens is 2. The molecule has 3 aromatic carbocycles. The third kappa shape index (κ3) is 10.4. The molecule has 5 aromatic rings. The molecule has 3 amide bonds. The second-order valence-electron chi connectivity index (χ2n) is 14.0. The Morgan fingerprint density at radius 3 is 2.46 bits per heavy atom. The van der Waals surface area contributed by atoms with Gasteiger partial charge < -0.3 is 41.9 Å². The van der Waals surface area contributed by atoms with Crippen LogP contribution in [-0.2, 0) is 33.9 Å². The van der Waals surface area contributed by atoms with Gasteiger partial charge in [-0.25, -0.2) is 4.98 Å². The Morgan fingerprint density at radius 1 is 0.912 bits per heavy atom. The van der Waals surface area contributed by atoms with E-state index in [-0.39, 0.29) is 30.7 Å². The number of hydrogen-bond donors (Lipinski definition) is 7. The van der Waals surface area contributed by atoms with Crippen LogP contribution in [0.2, 0.25) is 5.02 Å². The van der Waals surface area contributed by atoms with Crippen molar-refractivity contribution < 1.29 is 18.9 Å². The Hall–Kier alpha value is -4.41. The number of hydrogen-bond acceptors (Lipinski definition) is 10. The van der Waals surface area contributed by atoms with Crippen LogP contribution in [0.5, 0.6) is 0 Å². The van der Waals surface area contributed by atoms with E-state index in [2.05, 4.69) is 20.9 Å². The number of pyridine rings is 1. The molecule has 0 saturated heterocycles. The van der Waals surface area contributed by atoms with Crippen LogP contribution in [0.15, 0.2) is 100 Å². The Bertz CT molecular complexity index is 2170. The Kier molecular flexibility index (Phi) is 15.1. The molecule has 0 aliphatic carbocycles. The van der Waals surface area contributed by atoms with E-state index < -0.39 is 18.1 Å². The minimum absolute atomic E-state index is 0.0816. The lowest BCUT2D eigenvalue weighted by Crippen LogP contribution is -2.57. The molecular weight excluding hydrogens is 780 g/mol. The molecule has 12 nitrogen and oxygen atoms in total. The van der Waals surface area contributed by atoms with Gasteiger partial charge in [-0.3, -0.25) is 14.4 Å². The number of unbranched alkanes of at least 4 members (excludes halogenated alkanes) is 1. The van der Waals surface area contributed by atoms with Gasteiger partial charge in [0.25, 0.3) is 0 Å². The molecule has 0 saturated carbocycles. The fourth-order valence-corrected chi connectivity index (χ4v) is 8.71. The third-order valence-electron chi connectivity index (χ3n) is 10.3. The molecule has 57 heavy (non-hydrogen) atoms. The van der Waals surface area contributed by atoms with Crippen molar-refractivity contribution in [3.63, 3.8) is 0 Å². The second kappa shape index (κ2) is 20.3. The molecule has 15 heteroatoms. The predicted octanol–water partition coefficient (Wildman–Crippen LogP) is 6.11. The fourth-order valence-electron chi connectivity index (χ4n) is 7.11. The van der Waals surface area contributed by atoms with E-state index in [0.29, 0.717) is 83.6 Å². The first kappa shape index (κ1) is 42.2. The van der Waals surface area contributed by atoms with Crippen LogP contribution in [0.3, 0.4) is 0 Å². The SMILES string of the molecule is CN1C(=O)[C@H](CCCCN)NC(=O)[C@H](CCCN)NCc2cccnc2Sc2c(Cl)ccc(-c3ccc(SO)cc3)c2CNC(=O)[C@@H]1Cc1c[nH]c2ccccc12. The van der Waals surface area contributed by atoms with Gasteiger partial charge in [0.2, 0.25) is 17.7 Å². The van der Waals surface area contributed by atoms with Crippen LogP contribution in [0.25, 0.3) is 22.0 Å². The Morgan fingerprint density at radius 2 is 1.68 bits per heavy atom. The van der Waals surface area contributed by atoms with Gasteiger partial charge in [0, 0.05) is 71.7 Å². The van der Waals surface area contributed by atoms with Gasteiger partial charge in [-0.2, -0.15) is 0 Å². The highest BCUT2D eigenvalue weighted by molar-refractivity contribution is 7.99. The molecule has 0 bridgehead atoms. The zero-order valence-electron chi connectivity index (χ0n) is 31.8. The first-order valence-electron chi connectivity index (χ1n) is 19.1. The quantitative estimate of drug-likeness (QED) is 0.0604. The standard InChI is InChI=1S/C42H49ClN8O4S2/c1-51-37(22-28-24-47-34-10-3-2-9-31(28)34)40(53)49-25-32-30(26-13-15-29(57-55)16-14-26)17-18-33(43)38(32)56-41-27(8-7-21-46-41)23-48-35(12-6-20-45)39(52)50-36(42(51)54)11-4-5-19-44/h2-3,7-10,13-18,21,24,35-37,47-48,55H,4-6,11-12,19-20,22-23,25,44-45H2,1H3,(H,49,53)(H,50,52)/t35-,36-,37-/m0/s1. The lowest BCUT2D eigenvalue weighted by Gasteiger charge is -2.32. The molecule has 0 unspecified atom stereocenters. The molecule has 6 rings (SSSR count). The minimum atomic E-state index is -0.950. The predicted molar refractivity (Wildman–Crippen MR) is 228 cm³/mol. The molecule has 3 atom stereocenters. The summed E-state index contributed by atoms with van der Waals surface area (Å²) < 4.78 is 9.66. The topological polar surface area (TPSA) is 191 Å². The van der Waals surface area contributed by atoms with Gasteiger partial charge in [0.05, 0.1) is 11.1 Å². The molecule has 2 aromatic heterocycles. The van der Waals surface area contributed by atoms with E-state index in [0.717, 1.165) is 38.7 Å². The molecule has 1 aliphatic rings. The first-order valence-corrected chi connectivity index (χ1v) is 21.1. The van der Waals surface area contributed by atoms with E-state index in [1.54, 1.807) is 13.2 Å². The number of rotatable bonds is 11.